The summed E-state index contributed by atoms with van der Waals surface area (Å²) in [4.78, 5) is 15.1. The normalized spacial score (nSPS) is 15.3. The molecule has 0 bridgehead atoms. The molecule has 0 unspecified atom stereocenters. The van der Waals surface area contributed by atoms with Crippen LogP contribution in [0, 0.1) is 0 Å². The van der Waals surface area contributed by atoms with E-state index in [9.17, 15) is 0 Å². The van der Waals surface area contributed by atoms with Crippen LogP contribution < -0.4 is 0 Å². The van der Waals surface area contributed by atoms with Crippen LogP contribution in [0.3, 0.4) is 0 Å². The van der Waals surface area contributed by atoms with Crippen LogP contribution in [0.5, 0.6) is 0 Å². The highest BCUT2D eigenvalue weighted by Gasteiger charge is 2.53. The van der Waals surface area contributed by atoms with Gasteiger partial charge >= 0.3 is 0 Å². The molecule has 0 radical (unpaired) electrons. The van der Waals surface area contributed by atoms with Gasteiger partial charge in [0, 0.05) is 27.5 Å². The molecule has 3 aliphatic carbocycles. The van der Waals surface area contributed by atoms with Gasteiger partial charge in [-0.1, -0.05) is 198 Å². The van der Waals surface area contributed by atoms with E-state index >= 15 is 0 Å². The molecule has 0 N–H and O–H groups in total. The fraction of sp³-hybridized carbons (Fsp3) is 0.121. The topological polar surface area (TPSA) is 38.7 Å². The van der Waals surface area contributed by atoms with E-state index in [0.717, 1.165) is 16.7 Å². The third-order valence-corrected chi connectivity index (χ3v) is 14.0. The lowest BCUT2D eigenvalue weighted by Gasteiger charge is -2.46. The molecule has 0 saturated heterocycles. The first kappa shape index (κ1) is 35.7. The van der Waals surface area contributed by atoms with E-state index < -0.39 is 5.41 Å². The molecule has 3 heteroatoms. The van der Waals surface area contributed by atoms with E-state index in [-0.39, 0.29) is 10.8 Å². The Balaban J connectivity index is 0.985. The first-order valence-corrected chi connectivity index (χ1v) is 21.4. The first-order chi connectivity index (χ1) is 29.7. The quantitative estimate of drug-likeness (QED) is 0.178. The number of fused-ring (bicyclic) bond motifs is 12. The van der Waals surface area contributed by atoms with Crippen molar-refractivity contribution in [2.45, 2.75) is 43.9 Å². The van der Waals surface area contributed by atoms with Crippen molar-refractivity contribution < 1.29 is 0 Å². The number of hydrogen-bond donors (Lipinski definition) is 0. The molecule has 9 aromatic rings. The Labute approximate surface area is 357 Å². The molecule has 61 heavy (non-hydrogen) atoms. The highest BCUT2D eigenvalue weighted by molar-refractivity contribution is 5.91. The van der Waals surface area contributed by atoms with Gasteiger partial charge in [0.2, 0.25) is 0 Å². The molecule has 0 atom stereocenters. The van der Waals surface area contributed by atoms with Gasteiger partial charge in [0.15, 0.2) is 17.5 Å². The van der Waals surface area contributed by atoms with Crippen LogP contribution in [-0.4, -0.2) is 15.0 Å². The molecular weight excluding hydrogens is 739 g/mol. The zero-order chi connectivity index (χ0) is 41.1. The van der Waals surface area contributed by atoms with Gasteiger partial charge in [-0.15, -0.1) is 0 Å². The van der Waals surface area contributed by atoms with E-state index in [4.69, 9.17) is 15.0 Å². The molecule has 0 amide bonds. The van der Waals surface area contributed by atoms with Gasteiger partial charge in [0.05, 0.1) is 5.41 Å². The van der Waals surface area contributed by atoms with E-state index in [2.05, 4.69) is 179 Å². The Morgan fingerprint density at radius 2 is 0.607 bits per heavy atom. The predicted molar refractivity (Wildman–Crippen MR) is 249 cm³/mol. The largest absolute Gasteiger partial charge is 0.208 e. The summed E-state index contributed by atoms with van der Waals surface area (Å²) in [5, 5.41) is 0. The third kappa shape index (κ3) is 5.01. The van der Waals surface area contributed by atoms with Crippen molar-refractivity contribution in [1.82, 2.24) is 15.0 Å². The minimum Gasteiger partial charge on any atom is -0.208 e. The SMILES string of the molecule is CC1(C)c2cc(-c3ccc4c(c3)C3(c5ccccc5-4)c4ccccc4C(C)(C)c4ccccc43)ccc2-c2ccc(-c3nc(-c4ccccc4)nc(-c4ccccc4)n3)cc21. The molecule has 3 nitrogen and oxygen atoms in total. The molecule has 0 fully saturated rings. The minimum absolute atomic E-state index is 0.133. The second kappa shape index (κ2) is 12.9. The Morgan fingerprint density at radius 1 is 0.262 bits per heavy atom. The Morgan fingerprint density at radius 3 is 1.13 bits per heavy atom. The van der Waals surface area contributed by atoms with Crippen molar-refractivity contribution in [2.75, 3.05) is 0 Å². The van der Waals surface area contributed by atoms with Crippen LogP contribution >= 0.6 is 0 Å². The second-order valence-electron chi connectivity index (χ2n) is 18.0. The van der Waals surface area contributed by atoms with Gasteiger partial charge < -0.3 is 0 Å². The Kier molecular flexibility index (Phi) is 7.54. The molecule has 0 aliphatic heterocycles. The van der Waals surface area contributed by atoms with Crippen LogP contribution in [0.1, 0.15) is 72.2 Å². The van der Waals surface area contributed by atoms with Crippen LogP contribution in [0.15, 0.2) is 188 Å². The van der Waals surface area contributed by atoms with Crippen molar-refractivity contribution in [3.63, 3.8) is 0 Å². The molecule has 0 saturated carbocycles. The summed E-state index contributed by atoms with van der Waals surface area (Å²) in [7, 11) is 0. The highest BCUT2D eigenvalue weighted by atomic mass is 15.0. The van der Waals surface area contributed by atoms with Gasteiger partial charge in [-0.2, -0.15) is 0 Å². The Bertz CT molecular complexity index is 3140. The van der Waals surface area contributed by atoms with Gasteiger partial charge in [0.1, 0.15) is 0 Å². The van der Waals surface area contributed by atoms with Gasteiger partial charge in [-0.25, -0.2) is 15.0 Å². The van der Waals surface area contributed by atoms with Crippen molar-refractivity contribution in [2.24, 2.45) is 0 Å². The van der Waals surface area contributed by atoms with Crippen molar-refractivity contribution in [3.05, 3.63) is 233 Å². The van der Waals surface area contributed by atoms with Crippen LogP contribution in [-0.2, 0) is 16.2 Å². The zero-order valence-corrected chi connectivity index (χ0v) is 34.7. The average Bonchev–Trinajstić information content (AvgIpc) is 3.73. The minimum atomic E-state index is -0.428. The Hall–Kier alpha value is -7.23. The molecule has 3 aliphatic rings. The summed E-state index contributed by atoms with van der Waals surface area (Å²) in [5.74, 6) is 2.01. The molecule has 1 aromatic heterocycles. The maximum absolute atomic E-state index is 5.07. The van der Waals surface area contributed by atoms with Gasteiger partial charge in [-0.3, -0.25) is 0 Å². The number of rotatable bonds is 4. The number of hydrogen-bond acceptors (Lipinski definition) is 3. The molecule has 1 heterocycles. The van der Waals surface area contributed by atoms with Crippen LogP contribution in [0.4, 0.5) is 0 Å². The lowest BCUT2D eigenvalue weighted by Crippen LogP contribution is -2.40. The monoisotopic (exact) mass is 781 g/mol. The summed E-state index contributed by atoms with van der Waals surface area (Å²) < 4.78 is 0. The van der Waals surface area contributed by atoms with E-state index in [1.54, 1.807) is 0 Å². The number of nitrogens with zero attached hydrogens (tertiary/aromatic N) is 3. The smallest absolute Gasteiger partial charge is 0.164 e. The molecule has 1 spiro atoms. The summed E-state index contributed by atoms with van der Waals surface area (Å²) in [5.41, 5.74) is 20.6. The lowest BCUT2D eigenvalue weighted by atomic mass is 9.55. The lowest BCUT2D eigenvalue weighted by molar-refractivity contribution is 0.563. The summed E-state index contributed by atoms with van der Waals surface area (Å²) in [6.45, 7) is 9.48. The van der Waals surface area contributed by atoms with Crippen molar-refractivity contribution in [1.29, 1.82) is 0 Å². The second-order valence-corrected chi connectivity index (χ2v) is 18.0. The summed E-state index contributed by atoms with van der Waals surface area (Å²) in [6, 6.07) is 68.9. The molecule has 8 aromatic carbocycles. The third-order valence-electron chi connectivity index (χ3n) is 14.0. The van der Waals surface area contributed by atoms with Crippen LogP contribution in [0.2, 0.25) is 0 Å². The highest BCUT2D eigenvalue weighted by Crippen LogP contribution is 2.62. The van der Waals surface area contributed by atoms with Crippen molar-refractivity contribution in [3.8, 4) is 67.5 Å². The summed E-state index contributed by atoms with van der Waals surface area (Å²) in [6.07, 6.45) is 0. The number of benzene rings is 8. The number of aromatic nitrogens is 3. The van der Waals surface area contributed by atoms with Gasteiger partial charge in [-0.05, 0) is 96.1 Å². The maximum Gasteiger partial charge on any atom is 0.164 e. The maximum atomic E-state index is 5.07. The fourth-order valence-electron chi connectivity index (χ4n) is 11.0. The molecular formula is C58H43N3. The first-order valence-electron chi connectivity index (χ1n) is 21.4. The zero-order valence-electron chi connectivity index (χ0n) is 34.7. The predicted octanol–water partition coefficient (Wildman–Crippen LogP) is 13.8. The van der Waals surface area contributed by atoms with Crippen LogP contribution in [0.25, 0.3) is 67.5 Å². The molecule has 12 rings (SSSR count). The standard InChI is InChI=1S/C58H43N3/c1-56(2)46-23-13-15-25-48(46)58(49-26-16-14-24-47(49)56)45-22-12-11-21-41(45)44-31-28-39(34-52(44)58)38-27-30-42-43-32-29-40(35-51(43)57(3,4)50(42)33-38)55-60-53(36-17-7-5-8-18-36)59-54(61-55)37-19-9-6-10-20-37/h5-35H,1-4H3. The van der Waals surface area contributed by atoms with Gasteiger partial charge in [0.25, 0.3) is 0 Å². The fourth-order valence-corrected chi connectivity index (χ4v) is 11.0. The van der Waals surface area contributed by atoms with E-state index in [1.807, 2.05) is 36.4 Å². The van der Waals surface area contributed by atoms with E-state index in [1.165, 1.54) is 77.9 Å². The average molecular weight is 782 g/mol. The summed E-state index contributed by atoms with van der Waals surface area (Å²) >= 11 is 0. The van der Waals surface area contributed by atoms with E-state index in [0.29, 0.717) is 17.5 Å². The van der Waals surface area contributed by atoms with Crippen molar-refractivity contribution >= 4 is 0 Å². The molecule has 290 valence electrons.